The zero-order valence-electron chi connectivity index (χ0n) is 9.30. The Balaban J connectivity index is 2.89. The molecule has 0 aliphatic heterocycles. The highest BCUT2D eigenvalue weighted by atomic mass is 79.9. The third-order valence-corrected chi connectivity index (χ3v) is 2.87. The van der Waals surface area contributed by atoms with Gasteiger partial charge in [-0.15, -0.1) is 0 Å². The van der Waals surface area contributed by atoms with Crippen molar-refractivity contribution in [3.8, 4) is 0 Å². The normalized spacial score (nSPS) is 11.5. The van der Waals surface area contributed by atoms with E-state index >= 15 is 0 Å². The minimum absolute atomic E-state index is 0.171. The van der Waals surface area contributed by atoms with E-state index in [1.807, 2.05) is 45.2 Å². The van der Waals surface area contributed by atoms with E-state index in [2.05, 4.69) is 21.2 Å². The van der Waals surface area contributed by atoms with E-state index in [-0.39, 0.29) is 11.2 Å². The smallest absolute Gasteiger partial charge is 0.169 e. The Morgan fingerprint density at radius 1 is 1.33 bits per heavy atom. The van der Waals surface area contributed by atoms with Gasteiger partial charge in [0.05, 0.1) is 0 Å². The number of benzene rings is 1. The lowest BCUT2D eigenvalue weighted by molar-refractivity contribution is 0.0839. The summed E-state index contributed by atoms with van der Waals surface area (Å²) in [6.07, 6.45) is 0. The molecular weight excluding hydrogens is 254 g/mol. The maximum absolute atomic E-state index is 12.1. The standard InChI is InChI=1S/C12H16BrNO/c1-12(2,8-14-3)11(15)9-4-6-10(13)7-5-9/h4-7,14H,8H2,1-3H3. The van der Waals surface area contributed by atoms with Crippen molar-refractivity contribution in [2.45, 2.75) is 13.8 Å². The van der Waals surface area contributed by atoms with Gasteiger partial charge in [-0.2, -0.15) is 0 Å². The number of carbonyl (C=O) groups is 1. The van der Waals surface area contributed by atoms with Gasteiger partial charge in [0.2, 0.25) is 0 Å². The van der Waals surface area contributed by atoms with Gasteiger partial charge in [0, 0.05) is 22.0 Å². The Hall–Kier alpha value is -0.670. The Morgan fingerprint density at radius 3 is 2.33 bits per heavy atom. The molecule has 0 spiro atoms. The second-order valence-electron chi connectivity index (χ2n) is 4.25. The molecule has 0 aliphatic rings. The maximum Gasteiger partial charge on any atom is 0.169 e. The zero-order valence-corrected chi connectivity index (χ0v) is 10.9. The fourth-order valence-electron chi connectivity index (χ4n) is 1.51. The lowest BCUT2D eigenvalue weighted by atomic mass is 9.84. The third kappa shape index (κ3) is 3.14. The number of hydrogen-bond donors (Lipinski definition) is 1. The van der Waals surface area contributed by atoms with Crippen LogP contribution in [0.25, 0.3) is 0 Å². The minimum atomic E-state index is -0.359. The summed E-state index contributed by atoms with van der Waals surface area (Å²) in [7, 11) is 1.86. The van der Waals surface area contributed by atoms with Crippen molar-refractivity contribution < 1.29 is 4.79 Å². The molecule has 0 bridgehead atoms. The number of ketones is 1. The molecule has 0 unspecified atom stereocenters. The molecule has 1 rings (SSSR count). The van der Waals surface area contributed by atoms with Crippen LogP contribution in [0.2, 0.25) is 0 Å². The lowest BCUT2D eigenvalue weighted by Gasteiger charge is -2.22. The molecule has 0 radical (unpaired) electrons. The summed E-state index contributed by atoms with van der Waals surface area (Å²) < 4.78 is 0.991. The summed E-state index contributed by atoms with van der Waals surface area (Å²) in [6, 6.07) is 7.49. The van der Waals surface area contributed by atoms with E-state index in [0.717, 1.165) is 10.0 Å². The van der Waals surface area contributed by atoms with Crippen LogP contribution in [0.5, 0.6) is 0 Å². The molecule has 0 fully saturated rings. The SMILES string of the molecule is CNCC(C)(C)C(=O)c1ccc(Br)cc1. The number of hydrogen-bond acceptors (Lipinski definition) is 2. The van der Waals surface area contributed by atoms with Gasteiger partial charge in [-0.25, -0.2) is 0 Å². The van der Waals surface area contributed by atoms with Crippen molar-refractivity contribution in [1.29, 1.82) is 0 Å². The Kier molecular flexibility index (Phi) is 4.05. The van der Waals surface area contributed by atoms with Gasteiger partial charge in [-0.05, 0) is 19.2 Å². The van der Waals surface area contributed by atoms with Crippen LogP contribution in [0, 0.1) is 5.41 Å². The van der Waals surface area contributed by atoms with Crippen molar-refractivity contribution in [1.82, 2.24) is 5.32 Å². The van der Waals surface area contributed by atoms with Crippen molar-refractivity contribution in [3.05, 3.63) is 34.3 Å². The lowest BCUT2D eigenvalue weighted by Crippen LogP contribution is -2.34. The fourth-order valence-corrected chi connectivity index (χ4v) is 1.78. The van der Waals surface area contributed by atoms with E-state index in [1.54, 1.807) is 0 Å². The van der Waals surface area contributed by atoms with E-state index in [0.29, 0.717) is 6.54 Å². The van der Waals surface area contributed by atoms with Crippen LogP contribution in [0.1, 0.15) is 24.2 Å². The Labute approximate surface area is 99.2 Å². The van der Waals surface area contributed by atoms with E-state index < -0.39 is 0 Å². The molecule has 15 heavy (non-hydrogen) atoms. The first-order valence-electron chi connectivity index (χ1n) is 4.92. The van der Waals surface area contributed by atoms with Gasteiger partial charge < -0.3 is 5.32 Å². The highest BCUT2D eigenvalue weighted by Gasteiger charge is 2.27. The molecule has 1 N–H and O–H groups in total. The van der Waals surface area contributed by atoms with Gasteiger partial charge in [0.15, 0.2) is 5.78 Å². The molecule has 0 heterocycles. The topological polar surface area (TPSA) is 29.1 Å². The molecule has 82 valence electrons. The molecule has 1 aromatic carbocycles. The Bertz CT molecular complexity index is 343. The molecule has 0 amide bonds. The fraction of sp³-hybridized carbons (Fsp3) is 0.417. The summed E-state index contributed by atoms with van der Waals surface area (Å²) in [6.45, 7) is 4.59. The average molecular weight is 270 g/mol. The summed E-state index contributed by atoms with van der Waals surface area (Å²) in [5.74, 6) is 0.171. The molecule has 0 atom stereocenters. The largest absolute Gasteiger partial charge is 0.319 e. The highest BCUT2D eigenvalue weighted by molar-refractivity contribution is 9.10. The highest BCUT2D eigenvalue weighted by Crippen LogP contribution is 2.22. The maximum atomic E-state index is 12.1. The van der Waals surface area contributed by atoms with Crippen LogP contribution in [0.4, 0.5) is 0 Å². The number of halogens is 1. The molecular formula is C12H16BrNO. The molecule has 0 saturated carbocycles. The first-order valence-corrected chi connectivity index (χ1v) is 5.71. The van der Waals surface area contributed by atoms with Crippen LogP contribution in [-0.2, 0) is 0 Å². The van der Waals surface area contributed by atoms with Crippen molar-refractivity contribution >= 4 is 21.7 Å². The first-order chi connectivity index (χ1) is 6.97. The third-order valence-electron chi connectivity index (χ3n) is 2.34. The monoisotopic (exact) mass is 269 g/mol. The van der Waals surface area contributed by atoms with E-state index in [1.165, 1.54) is 0 Å². The van der Waals surface area contributed by atoms with Crippen LogP contribution >= 0.6 is 15.9 Å². The van der Waals surface area contributed by atoms with Gasteiger partial charge in [-0.1, -0.05) is 41.9 Å². The molecule has 0 saturated heterocycles. The Morgan fingerprint density at radius 2 is 1.87 bits per heavy atom. The number of rotatable bonds is 4. The van der Waals surface area contributed by atoms with Crippen LogP contribution in [-0.4, -0.2) is 19.4 Å². The summed E-state index contributed by atoms with van der Waals surface area (Å²) >= 11 is 3.35. The van der Waals surface area contributed by atoms with E-state index in [9.17, 15) is 4.79 Å². The van der Waals surface area contributed by atoms with Gasteiger partial charge >= 0.3 is 0 Å². The second kappa shape index (κ2) is 4.90. The average Bonchev–Trinajstić information content (AvgIpc) is 2.18. The summed E-state index contributed by atoms with van der Waals surface area (Å²) in [5.41, 5.74) is 0.404. The zero-order chi connectivity index (χ0) is 11.5. The first kappa shape index (κ1) is 12.4. The predicted molar refractivity (Wildman–Crippen MR) is 66.2 cm³/mol. The number of Topliss-reactive ketones (excluding diaryl/α,β-unsaturated/α-hetero) is 1. The van der Waals surface area contributed by atoms with Gasteiger partial charge in [0.25, 0.3) is 0 Å². The molecule has 1 aromatic rings. The van der Waals surface area contributed by atoms with Gasteiger partial charge in [0.1, 0.15) is 0 Å². The van der Waals surface area contributed by atoms with Crippen LogP contribution in [0.3, 0.4) is 0 Å². The van der Waals surface area contributed by atoms with Crippen LogP contribution in [0.15, 0.2) is 28.7 Å². The quantitative estimate of drug-likeness (QED) is 0.852. The summed E-state index contributed by atoms with van der Waals surface area (Å²) in [4.78, 5) is 12.1. The molecule has 0 aromatic heterocycles. The molecule has 0 aliphatic carbocycles. The second-order valence-corrected chi connectivity index (χ2v) is 5.17. The minimum Gasteiger partial charge on any atom is -0.319 e. The number of nitrogens with one attached hydrogen (secondary N) is 1. The van der Waals surface area contributed by atoms with Gasteiger partial charge in [-0.3, -0.25) is 4.79 Å². The molecule has 2 nitrogen and oxygen atoms in total. The van der Waals surface area contributed by atoms with E-state index in [4.69, 9.17) is 0 Å². The number of carbonyl (C=O) groups excluding carboxylic acids is 1. The van der Waals surface area contributed by atoms with Crippen molar-refractivity contribution in [2.24, 2.45) is 5.41 Å². The van der Waals surface area contributed by atoms with Crippen molar-refractivity contribution in [2.75, 3.05) is 13.6 Å². The molecule has 3 heteroatoms. The van der Waals surface area contributed by atoms with Crippen LogP contribution < -0.4 is 5.32 Å². The predicted octanol–water partition coefficient (Wildman–Crippen LogP) is 2.88. The van der Waals surface area contributed by atoms with Crippen molar-refractivity contribution in [3.63, 3.8) is 0 Å². The summed E-state index contributed by atoms with van der Waals surface area (Å²) in [5, 5.41) is 3.04.